The van der Waals surface area contributed by atoms with Gasteiger partial charge < -0.3 is 4.90 Å². The van der Waals surface area contributed by atoms with Crippen LogP contribution >= 0.6 is 0 Å². The van der Waals surface area contributed by atoms with Crippen LogP contribution in [0.1, 0.15) is 19.3 Å². The van der Waals surface area contributed by atoms with Gasteiger partial charge in [-0.2, -0.15) is 0 Å². The average molecular weight is 216 g/mol. The van der Waals surface area contributed by atoms with Crippen molar-refractivity contribution >= 4 is 0 Å². The Bertz CT molecular complexity index is 341. The molecule has 0 aromatic heterocycles. The summed E-state index contributed by atoms with van der Waals surface area (Å²) in [4.78, 5) is 5.15. The highest BCUT2D eigenvalue weighted by molar-refractivity contribution is 5.24. The summed E-state index contributed by atoms with van der Waals surface area (Å²) in [5.74, 6) is 0. The predicted molar refractivity (Wildman–Crippen MR) is 67.1 cm³/mol. The minimum absolute atomic E-state index is 0.670. The summed E-state index contributed by atoms with van der Waals surface area (Å²) in [7, 11) is 0. The van der Waals surface area contributed by atoms with Crippen LogP contribution in [0.15, 0.2) is 36.1 Å². The lowest BCUT2D eigenvalue weighted by molar-refractivity contribution is 0.157. The molecule has 1 unspecified atom stereocenters. The minimum Gasteiger partial charge on any atom is -0.366 e. The van der Waals surface area contributed by atoms with E-state index >= 15 is 0 Å². The summed E-state index contributed by atoms with van der Waals surface area (Å²) in [6, 6.07) is 0.670. The Hall–Kier alpha value is -1.02. The molecule has 3 aliphatic heterocycles. The molecular formula is C14H20N2. The molecule has 0 amide bonds. The molecule has 16 heavy (non-hydrogen) atoms. The Balaban J connectivity index is 1.91. The van der Waals surface area contributed by atoms with Crippen LogP contribution in [-0.2, 0) is 0 Å². The SMILES string of the molecule is C1=CCN2C/C=C\CN3CCCCC3C2=C1. The molecule has 1 fully saturated rings. The monoisotopic (exact) mass is 216 g/mol. The molecule has 2 heteroatoms. The zero-order chi connectivity index (χ0) is 10.8. The number of fused-ring (bicyclic) bond motifs is 3. The number of piperidine rings is 1. The van der Waals surface area contributed by atoms with Gasteiger partial charge in [-0.25, -0.2) is 0 Å². The molecule has 0 N–H and O–H groups in total. The van der Waals surface area contributed by atoms with E-state index in [2.05, 4.69) is 40.2 Å². The first-order chi connectivity index (χ1) is 7.95. The van der Waals surface area contributed by atoms with Gasteiger partial charge in [-0.3, -0.25) is 4.90 Å². The third kappa shape index (κ3) is 1.82. The van der Waals surface area contributed by atoms with Gasteiger partial charge in [0.15, 0.2) is 0 Å². The quantitative estimate of drug-likeness (QED) is 0.573. The first-order valence-electron chi connectivity index (χ1n) is 6.46. The predicted octanol–water partition coefficient (Wildman–Crippen LogP) is 2.17. The van der Waals surface area contributed by atoms with Crippen LogP contribution in [0.5, 0.6) is 0 Å². The molecule has 1 saturated heterocycles. The molecule has 0 aromatic carbocycles. The van der Waals surface area contributed by atoms with Gasteiger partial charge in [-0.15, -0.1) is 0 Å². The van der Waals surface area contributed by atoms with Crippen molar-refractivity contribution in [3.05, 3.63) is 36.1 Å². The van der Waals surface area contributed by atoms with Crippen LogP contribution in [0.3, 0.4) is 0 Å². The average Bonchev–Trinajstić information content (AvgIpc) is 2.33. The molecule has 1 atom stereocenters. The zero-order valence-electron chi connectivity index (χ0n) is 9.81. The van der Waals surface area contributed by atoms with E-state index in [1.807, 2.05) is 0 Å². The third-order valence-corrected chi connectivity index (χ3v) is 3.88. The van der Waals surface area contributed by atoms with Crippen molar-refractivity contribution in [2.24, 2.45) is 0 Å². The van der Waals surface area contributed by atoms with Gasteiger partial charge in [0.1, 0.15) is 0 Å². The summed E-state index contributed by atoms with van der Waals surface area (Å²) < 4.78 is 0. The lowest BCUT2D eigenvalue weighted by Gasteiger charge is -2.42. The Morgan fingerprint density at radius 2 is 1.88 bits per heavy atom. The fourth-order valence-electron chi connectivity index (χ4n) is 3.02. The third-order valence-electron chi connectivity index (χ3n) is 3.88. The molecular weight excluding hydrogens is 196 g/mol. The number of hydrogen-bond donors (Lipinski definition) is 0. The smallest absolute Gasteiger partial charge is 0.0500 e. The molecule has 0 bridgehead atoms. The standard InChI is InChI=1S/C14H20N2/c1-3-9-15-11-5-6-12-16-10-4-2-8-14(16)13(15)7-1/h1,3,5-7,14H,2,4,8-12H2/b6-5-. The number of allylic oxidation sites excluding steroid dienone is 2. The first-order valence-corrected chi connectivity index (χ1v) is 6.46. The second-order valence-electron chi connectivity index (χ2n) is 4.90. The van der Waals surface area contributed by atoms with Gasteiger partial charge in [-0.05, 0) is 25.5 Å². The molecule has 3 rings (SSSR count). The normalized spacial score (nSPS) is 32.1. The highest BCUT2D eigenvalue weighted by atomic mass is 15.2. The summed E-state index contributed by atoms with van der Waals surface area (Å²) >= 11 is 0. The van der Waals surface area contributed by atoms with Crippen molar-refractivity contribution in [3.8, 4) is 0 Å². The van der Waals surface area contributed by atoms with Gasteiger partial charge in [0.05, 0.1) is 6.04 Å². The molecule has 0 saturated carbocycles. The van der Waals surface area contributed by atoms with Crippen molar-refractivity contribution in [1.82, 2.24) is 9.80 Å². The van der Waals surface area contributed by atoms with E-state index in [-0.39, 0.29) is 0 Å². The molecule has 86 valence electrons. The van der Waals surface area contributed by atoms with E-state index in [4.69, 9.17) is 0 Å². The van der Waals surface area contributed by atoms with Crippen molar-refractivity contribution in [2.45, 2.75) is 25.3 Å². The Morgan fingerprint density at radius 3 is 2.88 bits per heavy atom. The van der Waals surface area contributed by atoms with E-state index in [9.17, 15) is 0 Å². The van der Waals surface area contributed by atoms with E-state index < -0.39 is 0 Å². The van der Waals surface area contributed by atoms with Crippen LogP contribution in [0, 0.1) is 0 Å². The molecule has 0 radical (unpaired) electrons. The Labute approximate surface area is 97.9 Å². The van der Waals surface area contributed by atoms with Crippen molar-refractivity contribution in [3.63, 3.8) is 0 Å². The number of nitrogens with zero attached hydrogens (tertiary/aromatic N) is 2. The molecule has 2 nitrogen and oxygen atoms in total. The van der Waals surface area contributed by atoms with E-state index in [0.717, 1.165) is 19.6 Å². The van der Waals surface area contributed by atoms with Crippen molar-refractivity contribution in [1.29, 1.82) is 0 Å². The van der Waals surface area contributed by atoms with E-state index in [1.54, 1.807) is 5.70 Å². The van der Waals surface area contributed by atoms with Crippen molar-refractivity contribution < 1.29 is 0 Å². The van der Waals surface area contributed by atoms with Crippen LogP contribution < -0.4 is 0 Å². The highest BCUT2D eigenvalue weighted by Gasteiger charge is 2.28. The van der Waals surface area contributed by atoms with Gasteiger partial charge >= 0.3 is 0 Å². The summed E-state index contributed by atoms with van der Waals surface area (Å²) in [6.07, 6.45) is 15.6. The highest BCUT2D eigenvalue weighted by Crippen LogP contribution is 2.27. The molecule has 0 spiro atoms. The molecule has 0 aromatic rings. The number of hydrogen-bond acceptors (Lipinski definition) is 2. The fraction of sp³-hybridized carbons (Fsp3) is 0.571. The van der Waals surface area contributed by atoms with Gasteiger partial charge in [0.25, 0.3) is 0 Å². The fourth-order valence-corrected chi connectivity index (χ4v) is 3.02. The van der Waals surface area contributed by atoms with E-state index in [1.165, 1.54) is 25.8 Å². The Morgan fingerprint density at radius 1 is 1.00 bits per heavy atom. The lowest BCUT2D eigenvalue weighted by Crippen LogP contribution is -2.46. The summed E-state index contributed by atoms with van der Waals surface area (Å²) in [5.41, 5.74) is 1.55. The van der Waals surface area contributed by atoms with E-state index in [0.29, 0.717) is 6.04 Å². The van der Waals surface area contributed by atoms with Gasteiger partial charge in [-0.1, -0.05) is 30.7 Å². The first kappa shape index (κ1) is 10.2. The van der Waals surface area contributed by atoms with Crippen LogP contribution in [0.2, 0.25) is 0 Å². The van der Waals surface area contributed by atoms with Gasteiger partial charge in [0, 0.05) is 25.3 Å². The summed E-state index contributed by atoms with van der Waals surface area (Å²) in [6.45, 7) is 4.57. The van der Waals surface area contributed by atoms with Crippen LogP contribution in [-0.4, -0.2) is 42.0 Å². The zero-order valence-corrected chi connectivity index (χ0v) is 9.81. The largest absolute Gasteiger partial charge is 0.366 e. The van der Waals surface area contributed by atoms with Crippen molar-refractivity contribution in [2.75, 3.05) is 26.2 Å². The maximum absolute atomic E-state index is 2.64. The minimum atomic E-state index is 0.670. The second-order valence-corrected chi connectivity index (χ2v) is 4.90. The summed E-state index contributed by atoms with van der Waals surface area (Å²) in [5, 5.41) is 0. The topological polar surface area (TPSA) is 6.48 Å². The second kappa shape index (κ2) is 4.46. The van der Waals surface area contributed by atoms with Crippen LogP contribution in [0.25, 0.3) is 0 Å². The maximum Gasteiger partial charge on any atom is 0.0500 e. The Kier molecular flexibility index (Phi) is 2.83. The molecule has 3 aliphatic rings. The molecule has 0 aliphatic carbocycles. The molecule has 3 heterocycles. The maximum atomic E-state index is 2.64. The lowest BCUT2D eigenvalue weighted by atomic mass is 9.96. The van der Waals surface area contributed by atoms with Crippen LogP contribution in [0.4, 0.5) is 0 Å². The van der Waals surface area contributed by atoms with Gasteiger partial charge in [0.2, 0.25) is 0 Å². The number of rotatable bonds is 0.